The van der Waals surface area contributed by atoms with E-state index in [1.807, 2.05) is 13.8 Å². The van der Waals surface area contributed by atoms with Crippen LogP contribution in [0.15, 0.2) is 24.8 Å². The number of phenolic OH excluding ortho intramolecular Hbond substituents is 1. The fourth-order valence-corrected chi connectivity index (χ4v) is 0.823. The summed E-state index contributed by atoms with van der Waals surface area (Å²) in [6.45, 7) is 7.55. The fraction of sp³-hybridized carbons (Fsp3) is 0.273. The van der Waals surface area contributed by atoms with Crippen molar-refractivity contribution in [1.29, 1.82) is 0 Å². The Hall–Kier alpha value is -1.44. The third-order valence-corrected chi connectivity index (χ3v) is 1.45. The normalized spacial score (nSPS) is 8.23. The minimum absolute atomic E-state index is 0.223. The largest absolute Gasteiger partial charge is 0.507 e. The van der Waals surface area contributed by atoms with E-state index in [4.69, 9.17) is 4.74 Å². The number of hydrogen-bond acceptors (Lipinski definition) is 2. The lowest BCUT2D eigenvalue weighted by Gasteiger charge is -2.02. The zero-order valence-corrected chi connectivity index (χ0v) is 8.37. The molecule has 0 spiro atoms. The summed E-state index contributed by atoms with van der Waals surface area (Å²) in [4.78, 5) is 0. The molecule has 2 nitrogen and oxygen atoms in total. The van der Waals surface area contributed by atoms with Crippen LogP contribution < -0.4 is 4.74 Å². The van der Waals surface area contributed by atoms with Gasteiger partial charge in [-0.1, -0.05) is 26.5 Å². The van der Waals surface area contributed by atoms with Crippen LogP contribution in [0.25, 0.3) is 6.08 Å². The van der Waals surface area contributed by atoms with Gasteiger partial charge in [0.2, 0.25) is 0 Å². The van der Waals surface area contributed by atoms with Gasteiger partial charge in [0.05, 0.1) is 7.11 Å². The molecule has 72 valence electrons. The van der Waals surface area contributed by atoms with Crippen molar-refractivity contribution >= 4 is 6.08 Å². The Bertz CT molecular complexity index is 267. The summed E-state index contributed by atoms with van der Waals surface area (Å²) in [6.07, 6.45) is 1.58. The maximum absolute atomic E-state index is 9.20. The van der Waals surface area contributed by atoms with E-state index in [-0.39, 0.29) is 5.75 Å². The van der Waals surface area contributed by atoms with Crippen molar-refractivity contribution in [1.82, 2.24) is 0 Å². The van der Waals surface area contributed by atoms with Crippen molar-refractivity contribution in [2.24, 2.45) is 0 Å². The highest BCUT2D eigenvalue weighted by atomic mass is 16.5. The SMILES string of the molecule is C=Cc1cc(OC)ccc1O.CC. The van der Waals surface area contributed by atoms with E-state index in [1.165, 1.54) is 0 Å². The Kier molecular flexibility index (Phi) is 5.44. The standard InChI is InChI=1S/C9H10O2.C2H6/c1-3-7-6-8(11-2)4-5-9(7)10;1-2/h3-6,10H,1H2,2H3;1-2H3. The van der Waals surface area contributed by atoms with Gasteiger partial charge in [0, 0.05) is 5.56 Å². The van der Waals surface area contributed by atoms with Crippen LogP contribution in [0, 0.1) is 0 Å². The van der Waals surface area contributed by atoms with Gasteiger partial charge in [-0.15, -0.1) is 0 Å². The van der Waals surface area contributed by atoms with E-state index in [9.17, 15) is 5.11 Å². The Balaban J connectivity index is 0.000000671. The summed E-state index contributed by atoms with van der Waals surface area (Å²) in [5.74, 6) is 0.943. The van der Waals surface area contributed by atoms with Crippen molar-refractivity contribution in [3.63, 3.8) is 0 Å². The molecule has 0 unspecified atom stereocenters. The van der Waals surface area contributed by atoms with Crippen molar-refractivity contribution in [3.8, 4) is 11.5 Å². The molecule has 0 bridgehead atoms. The zero-order valence-electron chi connectivity index (χ0n) is 8.37. The van der Waals surface area contributed by atoms with Crippen LogP contribution in [0.3, 0.4) is 0 Å². The number of aromatic hydroxyl groups is 1. The van der Waals surface area contributed by atoms with Gasteiger partial charge in [-0.3, -0.25) is 0 Å². The molecule has 0 heterocycles. The molecule has 0 aliphatic rings. The molecule has 13 heavy (non-hydrogen) atoms. The molecule has 0 aliphatic carbocycles. The van der Waals surface area contributed by atoms with Crippen LogP contribution in [0.1, 0.15) is 19.4 Å². The first-order valence-electron chi connectivity index (χ1n) is 4.27. The third kappa shape index (κ3) is 3.20. The van der Waals surface area contributed by atoms with E-state index in [0.717, 1.165) is 5.75 Å². The Morgan fingerprint density at radius 3 is 2.46 bits per heavy atom. The average molecular weight is 180 g/mol. The van der Waals surface area contributed by atoms with E-state index in [2.05, 4.69) is 6.58 Å². The second-order valence-electron chi connectivity index (χ2n) is 2.13. The molecule has 0 aromatic heterocycles. The predicted octanol–water partition coefficient (Wildman–Crippen LogP) is 3.07. The summed E-state index contributed by atoms with van der Waals surface area (Å²) in [5.41, 5.74) is 0.685. The highest BCUT2D eigenvalue weighted by molar-refractivity contribution is 5.57. The number of benzene rings is 1. The molecule has 0 atom stereocenters. The smallest absolute Gasteiger partial charge is 0.123 e. The van der Waals surface area contributed by atoms with Crippen LogP contribution in [0.4, 0.5) is 0 Å². The number of methoxy groups -OCH3 is 1. The van der Waals surface area contributed by atoms with Gasteiger partial charge in [0.1, 0.15) is 11.5 Å². The summed E-state index contributed by atoms with van der Waals surface area (Å²) < 4.78 is 4.95. The molecule has 0 fully saturated rings. The summed E-state index contributed by atoms with van der Waals surface area (Å²) in [6, 6.07) is 5.00. The lowest BCUT2D eigenvalue weighted by atomic mass is 10.2. The Morgan fingerprint density at radius 2 is 2.00 bits per heavy atom. The van der Waals surface area contributed by atoms with E-state index in [0.29, 0.717) is 5.56 Å². The molecular weight excluding hydrogens is 164 g/mol. The summed E-state index contributed by atoms with van der Waals surface area (Å²) >= 11 is 0. The molecule has 0 radical (unpaired) electrons. The lowest BCUT2D eigenvalue weighted by molar-refractivity contribution is 0.412. The molecule has 0 aliphatic heterocycles. The molecule has 1 aromatic carbocycles. The highest BCUT2D eigenvalue weighted by Gasteiger charge is 1.97. The summed E-state index contributed by atoms with van der Waals surface area (Å²) in [5, 5.41) is 9.20. The van der Waals surface area contributed by atoms with E-state index >= 15 is 0 Å². The number of hydrogen-bond donors (Lipinski definition) is 1. The van der Waals surface area contributed by atoms with Gasteiger partial charge in [-0.25, -0.2) is 0 Å². The van der Waals surface area contributed by atoms with Gasteiger partial charge in [0.15, 0.2) is 0 Å². The van der Waals surface area contributed by atoms with Crippen LogP contribution in [-0.4, -0.2) is 12.2 Å². The van der Waals surface area contributed by atoms with Gasteiger partial charge >= 0.3 is 0 Å². The molecule has 0 saturated heterocycles. The van der Waals surface area contributed by atoms with Crippen molar-refractivity contribution in [3.05, 3.63) is 30.3 Å². The predicted molar refractivity (Wildman–Crippen MR) is 56.1 cm³/mol. The van der Waals surface area contributed by atoms with Gasteiger partial charge < -0.3 is 9.84 Å². The minimum atomic E-state index is 0.223. The first-order valence-corrected chi connectivity index (χ1v) is 4.27. The maximum atomic E-state index is 9.20. The topological polar surface area (TPSA) is 29.5 Å². The van der Waals surface area contributed by atoms with E-state index in [1.54, 1.807) is 31.4 Å². The first kappa shape index (κ1) is 11.6. The highest BCUT2D eigenvalue weighted by Crippen LogP contribution is 2.23. The summed E-state index contributed by atoms with van der Waals surface area (Å²) in [7, 11) is 1.58. The molecule has 1 rings (SSSR count). The molecule has 1 N–H and O–H groups in total. The van der Waals surface area contributed by atoms with Gasteiger partial charge in [-0.05, 0) is 18.2 Å². The van der Waals surface area contributed by atoms with Crippen molar-refractivity contribution < 1.29 is 9.84 Å². The zero-order chi connectivity index (χ0) is 10.3. The second-order valence-corrected chi connectivity index (χ2v) is 2.13. The fourth-order valence-electron chi connectivity index (χ4n) is 0.823. The molecule has 0 saturated carbocycles. The van der Waals surface area contributed by atoms with Crippen LogP contribution >= 0.6 is 0 Å². The van der Waals surface area contributed by atoms with E-state index < -0.39 is 0 Å². The number of phenols is 1. The van der Waals surface area contributed by atoms with Crippen molar-refractivity contribution in [2.75, 3.05) is 7.11 Å². The van der Waals surface area contributed by atoms with Gasteiger partial charge in [-0.2, -0.15) is 0 Å². The minimum Gasteiger partial charge on any atom is -0.507 e. The average Bonchev–Trinajstić information content (AvgIpc) is 2.22. The first-order chi connectivity index (χ1) is 6.27. The lowest BCUT2D eigenvalue weighted by Crippen LogP contribution is -1.82. The third-order valence-electron chi connectivity index (χ3n) is 1.45. The second kappa shape index (κ2) is 6.12. The van der Waals surface area contributed by atoms with Crippen LogP contribution in [0.2, 0.25) is 0 Å². The molecule has 0 amide bonds. The van der Waals surface area contributed by atoms with Crippen LogP contribution in [-0.2, 0) is 0 Å². The number of rotatable bonds is 2. The molecule has 2 heteroatoms. The van der Waals surface area contributed by atoms with Gasteiger partial charge in [0.25, 0.3) is 0 Å². The Labute approximate surface area is 79.5 Å². The molecular formula is C11H16O2. The number of ether oxygens (including phenoxy) is 1. The van der Waals surface area contributed by atoms with Crippen molar-refractivity contribution in [2.45, 2.75) is 13.8 Å². The van der Waals surface area contributed by atoms with Crippen LogP contribution in [0.5, 0.6) is 11.5 Å². The quantitative estimate of drug-likeness (QED) is 0.757. The molecule has 1 aromatic rings. The Morgan fingerprint density at radius 1 is 1.38 bits per heavy atom. The monoisotopic (exact) mass is 180 g/mol. The maximum Gasteiger partial charge on any atom is 0.123 e.